The summed E-state index contributed by atoms with van der Waals surface area (Å²) in [5, 5.41) is 4.08. The second-order valence-electron chi connectivity index (χ2n) is 3.52. The average molecular weight is 227 g/mol. The standard InChI is InChI=1S/C9H17N5S/c1-4-5-11-9(12-10)8-7(6(2)3)13-14-15-8/h6H,4-5,10H2,1-3H3,(H,11,12). The van der Waals surface area contributed by atoms with E-state index in [1.807, 2.05) is 0 Å². The summed E-state index contributed by atoms with van der Waals surface area (Å²) >= 11 is 1.33. The number of nitrogens with zero attached hydrogens (tertiary/aromatic N) is 3. The molecule has 0 bridgehead atoms. The van der Waals surface area contributed by atoms with Crippen molar-refractivity contribution in [3.8, 4) is 0 Å². The molecule has 0 aliphatic heterocycles. The van der Waals surface area contributed by atoms with Crippen molar-refractivity contribution in [3.63, 3.8) is 0 Å². The summed E-state index contributed by atoms with van der Waals surface area (Å²) in [7, 11) is 0. The Balaban J connectivity index is 2.96. The second-order valence-corrected chi connectivity index (χ2v) is 4.27. The first-order valence-electron chi connectivity index (χ1n) is 5.04. The van der Waals surface area contributed by atoms with Gasteiger partial charge in [0.15, 0.2) is 5.84 Å². The number of aliphatic imine (C=N–C) groups is 1. The molecule has 0 radical (unpaired) electrons. The fraction of sp³-hybridized carbons (Fsp3) is 0.667. The lowest BCUT2D eigenvalue weighted by atomic mass is 10.1. The lowest BCUT2D eigenvalue weighted by Gasteiger charge is -2.06. The number of rotatable bonds is 4. The van der Waals surface area contributed by atoms with Crippen LogP contribution in [0.1, 0.15) is 43.7 Å². The summed E-state index contributed by atoms with van der Waals surface area (Å²) in [6, 6.07) is 0. The lowest BCUT2D eigenvalue weighted by Crippen LogP contribution is -2.31. The summed E-state index contributed by atoms with van der Waals surface area (Å²) in [6.45, 7) is 6.99. The Morgan fingerprint density at radius 1 is 1.60 bits per heavy atom. The predicted molar refractivity (Wildman–Crippen MR) is 63.0 cm³/mol. The van der Waals surface area contributed by atoms with Gasteiger partial charge in [0.2, 0.25) is 0 Å². The van der Waals surface area contributed by atoms with Crippen molar-refractivity contribution in [2.45, 2.75) is 33.1 Å². The van der Waals surface area contributed by atoms with Crippen molar-refractivity contribution < 1.29 is 0 Å². The summed E-state index contributed by atoms with van der Waals surface area (Å²) in [6.07, 6.45) is 0.994. The third-order valence-electron chi connectivity index (χ3n) is 1.91. The van der Waals surface area contributed by atoms with Crippen LogP contribution in [0.3, 0.4) is 0 Å². The summed E-state index contributed by atoms with van der Waals surface area (Å²) in [4.78, 5) is 5.30. The van der Waals surface area contributed by atoms with Gasteiger partial charge in [-0.3, -0.25) is 4.99 Å². The topological polar surface area (TPSA) is 76.2 Å². The maximum Gasteiger partial charge on any atom is 0.156 e. The quantitative estimate of drug-likeness (QED) is 0.351. The molecule has 6 heteroatoms. The van der Waals surface area contributed by atoms with Crippen molar-refractivity contribution in [2.75, 3.05) is 6.54 Å². The van der Waals surface area contributed by atoms with Gasteiger partial charge in [0.25, 0.3) is 0 Å². The Hall–Kier alpha value is -1.01. The number of aromatic nitrogens is 2. The highest BCUT2D eigenvalue weighted by Crippen LogP contribution is 2.19. The van der Waals surface area contributed by atoms with E-state index in [0.29, 0.717) is 11.8 Å². The minimum absolute atomic E-state index is 0.332. The number of nitrogens with two attached hydrogens (primary N) is 1. The lowest BCUT2D eigenvalue weighted by molar-refractivity contribution is 0.807. The first-order chi connectivity index (χ1) is 7.20. The molecule has 0 saturated carbocycles. The average Bonchev–Trinajstić information content (AvgIpc) is 2.68. The molecule has 0 atom stereocenters. The molecule has 1 rings (SSSR count). The van der Waals surface area contributed by atoms with Crippen LogP contribution in [0.2, 0.25) is 0 Å². The Bertz CT molecular complexity index is 331. The van der Waals surface area contributed by atoms with Gasteiger partial charge >= 0.3 is 0 Å². The molecule has 0 spiro atoms. The monoisotopic (exact) mass is 227 g/mol. The Morgan fingerprint density at radius 2 is 2.33 bits per heavy atom. The molecule has 1 aromatic heterocycles. The zero-order chi connectivity index (χ0) is 11.3. The molecule has 0 aliphatic carbocycles. The predicted octanol–water partition coefficient (Wildman–Crippen LogP) is 1.28. The second kappa shape index (κ2) is 5.77. The zero-order valence-corrected chi connectivity index (χ0v) is 10.1. The molecule has 15 heavy (non-hydrogen) atoms. The van der Waals surface area contributed by atoms with Gasteiger partial charge < -0.3 is 5.43 Å². The van der Waals surface area contributed by atoms with Gasteiger partial charge in [-0.25, -0.2) is 5.84 Å². The van der Waals surface area contributed by atoms with Gasteiger partial charge in [0.05, 0.1) is 5.69 Å². The highest BCUT2D eigenvalue weighted by Gasteiger charge is 2.15. The molecule has 1 heterocycles. The first-order valence-corrected chi connectivity index (χ1v) is 5.81. The molecule has 0 fully saturated rings. The van der Waals surface area contributed by atoms with Crippen LogP contribution >= 0.6 is 11.5 Å². The van der Waals surface area contributed by atoms with E-state index in [4.69, 9.17) is 5.84 Å². The van der Waals surface area contributed by atoms with E-state index in [0.717, 1.165) is 23.5 Å². The molecule has 0 aliphatic rings. The first kappa shape index (κ1) is 12.1. The van der Waals surface area contributed by atoms with Crippen LogP contribution in [0, 0.1) is 0 Å². The van der Waals surface area contributed by atoms with Gasteiger partial charge in [-0.15, -0.1) is 5.10 Å². The number of amidine groups is 1. The minimum atomic E-state index is 0.332. The summed E-state index contributed by atoms with van der Waals surface area (Å²) in [5.74, 6) is 6.47. The fourth-order valence-electron chi connectivity index (χ4n) is 1.15. The van der Waals surface area contributed by atoms with E-state index in [-0.39, 0.29) is 0 Å². The third-order valence-corrected chi connectivity index (χ3v) is 2.65. The number of hydrogen-bond acceptors (Lipinski definition) is 5. The van der Waals surface area contributed by atoms with E-state index < -0.39 is 0 Å². The molecule has 0 saturated heterocycles. The molecular formula is C9H17N5S. The van der Waals surface area contributed by atoms with E-state index >= 15 is 0 Å². The van der Waals surface area contributed by atoms with E-state index in [1.165, 1.54) is 11.5 Å². The van der Waals surface area contributed by atoms with Crippen molar-refractivity contribution in [2.24, 2.45) is 10.8 Å². The smallest absolute Gasteiger partial charge is 0.156 e. The Morgan fingerprint density at radius 3 is 2.87 bits per heavy atom. The summed E-state index contributed by atoms with van der Waals surface area (Å²) in [5.41, 5.74) is 3.57. The van der Waals surface area contributed by atoms with Crippen molar-refractivity contribution in [3.05, 3.63) is 10.6 Å². The maximum atomic E-state index is 5.44. The molecular weight excluding hydrogens is 210 g/mol. The van der Waals surface area contributed by atoms with E-state index in [2.05, 4.69) is 40.8 Å². The van der Waals surface area contributed by atoms with E-state index in [9.17, 15) is 0 Å². The van der Waals surface area contributed by atoms with Crippen LogP contribution in [0.5, 0.6) is 0 Å². The molecule has 0 amide bonds. The zero-order valence-electron chi connectivity index (χ0n) is 9.32. The number of nitrogens with one attached hydrogen (secondary N) is 1. The molecule has 5 nitrogen and oxygen atoms in total. The van der Waals surface area contributed by atoms with Crippen LogP contribution in [-0.2, 0) is 0 Å². The van der Waals surface area contributed by atoms with Gasteiger partial charge in [0.1, 0.15) is 4.88 Å². The fourth-order valence-corrected chi connectivity index (χ4v) is 1.94. The highest BCUT2D eigenvalue weighted by molar-refractivity contribution is 7.08. The van der Waals surface area contributed by atoms with Crippen molar-refractivity contribution in [1.82, 2.24) is 15.0 Å². The van der Waals surface area contributed by atoms with Crippen LogP contribution in [-0.4, -0.2) is 22.0 Å². The Labute approximate surface area is 93.9 Å². The third kappa shape index (κ3) is 2.97. The number of hydrogen-bond donors (Lipinski definition) is 2. The SMILES string of the molecule is CCCN=C(NN)c1snnc1C(C)C. The van der Waals surface area contributed by atoms with Gasteiger partial charge in [-0.05, 0) is 23.9 Å². The van der Waals surface area contributed by atoms with Crippen LogP contribution < -0.4 is 11.3 Å². The van der Waals surface area contributed by atoms with Gasteiger partial charge in [0, 0.05) is 6.54 Å². The largest absolute Gasteiger partial charge is 0.307 e. The molecule has 1 aromatic rings. The van der Waals surface area contributed by atoms with Crippen molar-refractivity contribution in [1.29, 1.82) is 0 Å². The molecule has 0 aromatic carbocycles. The normalized spacial score (nSPS) is 12.2. The van der Waals surface area contributed by atoms with Crippen LogP contribution in [0.25, 0.3) is 0 Å². The van der Waals surface area contributed by atoms with Crippen LogP contribution in [0.15, 0.2) is 4.99 Å². The molecule has 84 valence electrons. The van der Waals surface area contributed by atoms with Crippen molar-refractivity contribution >= 4 is 17.4 Å². The molecule has 0 unspecified atom stereocenters. The van der Waals surface area contributed by atoms with Crippen LogP contribution in [0.4, 0.5) is 0 Å². The highest BCUT2D eigenvalue weighted by atomic mass is 32.1. The summed E-state index contributed by atoms with van der Waals surface area (Å²) < 4.78 is 3.94. The van der Waals surface area contributed by atoms with E-state index in [1.54, 1.807) is 0 Å². The maximum absolute atomic E-state index is 5.44. The Kier molecular flexibility index (Phi) is 4.64. The minimum Gasteiger partial charge on any atom is -0.307 e. The van der Waals surface area contributed by atoms with Gasteiger partial charge in [-0.1, -0.05) is 25.3 Å². The number of hydrazine groups is 1. The van der Waals surface area contributed by atoms with Gasteiger partial charge in [-0.2, -0.15) is 0 Å². The molecule has 3 N–H and O–H groups in total.